The van der Waals surface area contributed by atoms with Gasteiger partial charge in [-0.3, -0.25) is 0 Å². The van der Waals surface area contributed by atoms with Crippen LogP contribution in [0.25, 0.3) is 0 Å². The molecule has 3 N–H and O–H groups in total. The minimum atomic E-state index is 0.463. The number of hydrogen-bond donors (Lipinski definition) is 2. The Morgan fingerprint density at radius 2 is 2.31 bits per heavy atom. The van der Waals surface area contributed by atoms with Crippen LogP contribution in [0, 0.1) is 11.3 Å². The van der Waals surface area contributed by atoms with E-state index in [-0.39, 0.29) is 0 Å². The molecule has 1 rings (SSSR count). The first-order valence-corrected chi connectivity index (χ1v) is 4.29. The number of anilines is 1. The summed E-state index contributed by atoms with van der Waals surface area (Å²) in [5.74, 6) is 0. The Morgan fingerprint density at radius 3 is 2.85 bits per heavy atom. The summed E-state index contributed by atoms with van der Waals surface area (Å²) >= 11 is 5.81. The Bertz CT molecular complexity index is 330. The Labute approximate surface area is 82.1 Å². The molecule has 68 valence electrons. The van der Waals surface area contributed by atoms with E-state index in [1.54, 1.807) is 18.2 Å². The molecule has 0 atom stereocenters. The van der Waals surface area contributed by atoms with Gasteiger partial charge in [0.15, 0.2) is 0 Å². The van der Waals surface area contributed by atoms with Crippen LogP contribution in [0.4, 0.5) is 5.69 Å². The Morgan fingerprint density at radius 1 is 1.54 bits per heavy atom. The molecule has 1 aromatic rings. The van der Waals surface area contributed by atoms with E-state index in [4.69, 9.17) is 22.6 Å². The third kappa shape index (κ3) is 2.62. The highest BCUT2D eigenvalue weighted by Gasteiger charge is 1.99. The van der Waals surface area contributed by atoms with Crippen molar-refractivity contribution in [3.05, 3.63) is 28.8 Å². The molecule has 0 fully saturated rings. The Kier molecular flexibility index (Phi) is 3.56. The minimum Gasteiger partial charge on any atom is -0.384 e. The van der Waals surface area contributed by atoms with E-state index in [0.717, 1.165) is 5.69 Å². The van der Waals surface area contributed by atoms with Gasteiger partial charge < -0.3 is 11.1 Å². The van der Waals surface area contributed by atoms with Crippen LogP contribution in [-0.2, 0) is 0 Å². The second-order valence-electron chi connectivity index (χ2n) is 2.52. The summed E-state index contributed by atoms with van der Waals surface area (Å²) in [6.45, 7) is 1.26. The molecule has 0 amide bonds. The van der Waals surface area contributed by atoms with Crippen LogP contribution in [0.1, 0.15) is 5.56 Å². The number of rotatable bonds is 3. The maximum atomic E-state index is 8.61. The molecular weight excluding hydrogens is 186 g/mol. The van der Waals surface area contributed by atoms with Gasteiger partial charge in [-0.2, -0.15) is 5.26 Å². The van der Waals surface area contributed by atoms with Gasteiger partial charge in [-0.05, 0) is 18.2 Å². The summed E-state index contributed by atoms with van der Waals surface area (Å²) in [7, 11) is 0. The van der Waals surface area contributed by atoms with Crippen LogP contribution < -0.4 is 11.1 Å². The summed E-state index contributed by atoms with van der Waals surface area (Å²) in [6, 6.07) is 7.20. The fourth-order valence-electron chi connectivity index (χ4n) is 0.932. The van der Waals surface area contributed by atoms with E-state index in [0.29, 0.717) is 23.7 Å². The van der Waals surface area contributed by atoms with Gasteiger partial charge >= 0.3 is 0 Å². The highest BCUT2D eigenvalue weighted by atomic mass is 35.5. The zero-order chi connectivity index (χ0) is 9.68. The summed E-state index contributed by atoms with van der Waals surface area (Å²) in [5.41, 5.74) is 6.69. The zero-order valence-corrected chi connectivity index (χ0v) is 7.80. The first-order chi connectivity index (χ1) is 6.27. The number of nitriles is 1. The van der Waals surface area contributed by atoms with Gasteiger partial charge in [-0.25, -0.2) is 0 Å². The molecule has 0 unspecified atom stereocenters. The number of nitrogens with zero attached hydrogens (tertiary/aromatic N) is 1. The third-order valence-electron chi connectivity index (χ3n) is 1.56. The molecule has 3 nitrogen and oxygen atoms in total. The van der Waals surface area contributed by atoms with Crippen molar-refractivity contribution >= 4 is 17.3 Å². The number of halogens is 1. The van der Waals surface area contributed by atoms with Crippen LogP contribution in [0.2, 0.25) is 5.02 Å². The molecule has 0 aromatic heterocycles. The molecule has 0 saturated carbocycles. The standard InChI is InChI=1S/C9H10ClN3/c10-9-5-8(13-4-3-11)2-1-7(9)6-12/h1-2,5,13H,3-4,11H2. The predicted octanol–water partition coefficient (Wildman–Crippen LogP) is 1.58. The first-order valence-electron chi connectivity index (χ1n) is 3.91. The average molecular weight is 196 g/mol. The van der Waals surface area contributed by atoms with Crippen molar-refractivity contribution < 1.29 is 0 Å². The van der Waals surface area contributed by atoms with Gasteiger partial charge in [0.2, 0.25) is 0 Å². The second kappa shape index (κ2) is 4.70. The maximum absolute atomic E-state index is 8.61. The van der Waals surface area contributed by atoms with Crippen molar-refractivity contribution in [2.24, 2.45) is 5.73 Å². The number of nitrogens with one attached hydrogen (secondary N) is 1. The summed E-state index contributed by atoms with van der Waals surface area (Å²) in [6.07, 6.45) is 0. The van der Waals surface area contributed by atoms with E-state index in [9.17, 15) is 0 Å². The van der Waals surface area contributed by atoms with Crippen molar-refractivity contribution in [2.75, 3.05) is 18.4 Å². The van der Waals surface area contributed by atoms with Gasteiger partial charge in [-0.1, -0.05) is 11.6 Å². The van der Waals surface area contributed by atoms with E-state index in [1.807, 2.05) is 6.07 Å². The summed E-state index contributed by atoms with van der Waals surface area (Å²) in [4.78, 5) is 0. The Balaban J connectivity index is 2.79. The zero-order valence-electron chi connectivity index (χ0n) is 7.05. The number of benzene rings is 1. The predicted molar refractivity (Wildman–Crippen MR) is 53.7 cm³/mol. The van der Waals surface area contributed by atoms with Crippen molar-refractivity contribution in [1.29, 1.82) is 5.26 Å². The molecule has 0 heterocycles. The molecule has 0 saturated heterocycles. The lowest BCUT2D eigenvalue weighted by Gasteiger charge is -2.04. The number of hydrogen-bond acceptors (Lipinski definition) is 3. The van der Waals surface area contributed by atoms with Crippen molar-refractivity contribution in [2.45, 2.75) is 0 Å². The lowest BCUT2D eigenvalue weighted by Crippen LogP contribution is -2.12. The van der Waals surface area contributed by atoms with Gasteiger partial charge in [0.05, 0.1) is 10.6 Å². The van der Waals surface area contributed by atoms with Gasteiger partial charge in [0, 0.05) is 18.8 Å². The van der Waals surface area contributed by atoms with E-state index in [1.165, 1.54) is 0 Å². The van der Waals surface area contributed by atoms with Crippen molar-refractivity contribution in [3.8, 4) is 6.07 Å². The molecular formula is C9H10ClN3. The minimum absolute atomic E-state index is 0.463. The first kappa shape index (κ1) is 9.85. The van der Waals surface area contributed by atoms with E-state index < -0.39 is 0 Å². The van der Waals surface area contributed by atoms with Crippen molar-refractivity contribution in [3.63, 3.8) is 0 Å². The SMILES string of the molecule is N#Cc1ccc(NCCN)cc1Cl. The smallest absolute Gasteiger partial charge is 0.101 e. The molecule has 1 aromatic carbocycles. The third-order valence-corrected chi connectivity index (χ3v) is 1.88. The second-order valence-corrected chi connectivity index (χ2v) is 2.93. The molecule has 4 heteroatoms. The summed E-state index contributed by atoms with van der Waals surface area (Å²) < 4.78 is 0. The molecule has 0 aliphatic heterocycles. The lowest BCUT2D eigenvalue weighted by molar-refractivity contribution is 1.02. The fraction of sp³-hybridized carbons (Fsp3) is 0.222. The normalized spacial score (nSPS) is 9.31. The summed E-state index contributed by atoms with van der Waals surface area (Å²) in [5, 5.41) is 12.1. The largest absolute Gasteiger partial charge is 0.384 e. The molecule has 0 spiro atoms. The highest BCUT2D eigenvalue weighted by Crippen LogP contribution is 2.19. The Hall–Kier alpha value is -1.24. The lowest BCUT2D eigenvalue weighted by atomic mass is 10.2. The van der Waals surface area contributed by atoms with Crippen LogP contribution in [0.3, 0.4) is 0 Å². The molecule has 0 radical (unpaired) electrons. The molecule has 0 aliphatic carbocycles. The number of nitrogens with two attached hydrogens (primary N) is 1. The van der Waals surface area contributed by atoms with Gasteiger partial charge in [0.25, 0.3) is 0 Å². The van der Waals surface area contributed by atoms with Crippen LogP contribution in [0.15, 0.2) is 18.2 Å². The van der Waals surface area contributed by atoms with E-state index >= 15 is 0 Å². The van der Waals surface area contributed by atoms with Crippen LogP contribution in [-0.4, -0.2) is 13.1 Å². The van der Waals surface area contributed by atoms with E-state index in [2.05, 4.69) is 5.32 Å². The van der Waals surface area contributed by atoms with Crippen LogP contribution >= 0.6 is 11.6 Å². The van der Waals surface area contributed by atoms with Gasteiger partial charge in [-0.15, -0.1) is 0 Å². The quantitative estimate of drug-likeness (QED) is 0.770. The molecule has 13 heavy (non-hydrogen) atoms. The molecule has 0 aliphatic rings. The van der Waals surface area contributed by atoms with Crippen molar-refractivity contribution in [1.82, 2.24) is 0 Å². The topological polar surface area (TPSA) is 61.8 Å². The van der Waals surface area contributed by atoms with Gasteiger partial charge in [0.1, 0.15) is 6.07 Å². The maximum Gasteiger partial charge on any atom is 0.101 e. The van der Waals surface area contributed by atoms with Crippen LogP contribution in [0.5, 0.6) is 0 Å². The fourth-order valence-corrected chi connectivity index (χ4v) is 1.16. The molecule has 0 bridgehead atoms. The highest BCUT2D eigenvalue weighted by molar-refractivity contribution is 6.32. The monoisotopic (exact) mass is 195 g/mol. The average Bonchev–Trinajstić information content (AvgIpc) is 2.15.